The topological polar surface area (TPSA) is 107 Å². The van der Waals surface area contributed by atoms with Gasteiger partial charge >= 0.3 is 5.97 Å². The van der Waals surface area contributed by atoms with Crippen LogP contribution < -0.4 is 5.14 Å². The Kier molecular flexibility index (Phi) is 5.41. The summed E-state index contributed by atoms with van der Waals surface area (Å²) in [6.45, 7) is 6.54. The molecular formula is C27H31NO5S. The largest absolute Gasteiger partial charge is 0.508 e. The van der Waals surface area contributed by atoms with Gasteiger partial charge in [-0.05, 0) is 103 Å². The summed E-state index contributed by atoms with van der Waals surface area (Å²) in [5.74, 6) is 0.580. The zero-order valence-corrected chi connectivity index (χ0v) is 20.2. The Balaban J connectivity index is 1.40. The smallest absolute Gasteiger partial charge is 0.338 e. The monoisotopic (exact) mass is 481 g/mol. The molecule has 180 valence electrons. The molecule has 0 spiro atoms. The number of aryl methyl sites for hydroxylation is 1. The lowest BCUT2D eigenvalue weighted by atomic mass is 9.47. The number of nitrogens with two attached hydrogens (primary N) is 1. The normalized spacial score (nSPS) is 32.2. The van der Waals surface area contributed by atoms with E-state index in [9.17, 15) is 18.3 Å². The van der Waals surface area contributed by atoms with Crippen molar-refractivity contribution in [3.8, 4) is 5.75 Å². The highest BCUT2D eigenvalue weighted by molar-refractivity contribution is 7.89. The number of aromatic hydroxyl groups is 1. The molecule has 0 aromatic heterocycles. The summed E-state index contributed by atoms with van der Waals surface area (Å²) in [7, 11) is -3.81. The van der Waals surface area contributed by atoms with E-state index in [2.05, 4.69) is 25.6 Å². The number of carbonyl (C=O) groups is 1. The van der Waals surface area contributed by atoms with E-state index in [4.69, 9.17) is 9.88 Å². The third-order valence-electron chi connectivity index (χ3n) is 8.90. The van der Waals surface area contributed by atoms with E-state index in [0.717, 1.165) is 38.5 Å². The Bertz CT molecular complexity index is 1250. The summed E-state index contributed by atoms with van der Waals surface area (Å²) in [5.41, 5.74) is 2.65. The number of hydrogen-bond acceptors (Lipinski definition) is 5. The summed E-state index contributed by atoms with van der Waals surface area (Å²) in [4.78, 5) is 12.9. The average molecular weight is 482 g/mol. The van der Waals surface area contributed by atoms with Crippen LogP contribution in [0, 0.1) is 16.7 Å². The molecular weight excluding hydrogens is 450 g/mol. The maximum atomic E-state index is 13.0. The molecule has 6 nitrogen and oxygen atoms in total. The van der Waals surface area contributed by atoms with Gasteiger partial charge in [0, 0.05) is 5.41 Å². The first-order chi connectivity index (χ1) is 16.1. The molecule has 0 aliphatic heterocycles. The molecule has 7 heteroatoms. The molecule has 0 radical (unpaired) electrons. The van der Waals surface area contributed by atoms with E-state index < -0.39 is 16.0 Å². The number of benzene rings is 2. The van der Waals surface area contributed by atoms with Crippen LogP contribution in [0.4, 0.5) is 0 Å². The van der Waals surface area contributed by atoms with Crippen LogP contribution in [0.2, 0.25) is 0 Å². The van der Waals surface area contributed by atoms with Crippen molar-refractivity contribution in [1.29, 1.82) is 0 Å². The Hall–Kier alpha value is -2.64. The molecule has 3 N–H and O–H groups in total. The second-order valence-electron chi connectivity index (χ2n) is 10.4. The van der Waals surface area contributed by atoms with Gasteiger partial charge in [0.05, 0.1) is 10.5 Å². The van der Waals surface area contributed by atoms with Crippen molar-refractivity contribution in [2.45, 2.75) is 62.4 Å². The first-order valence-corrected chi connectivity index (χ1v) is 13.4. The summed E-state index contributed by atoms with van der Waals surface area (Å²) >= 11 is 0. The first-order valence-electron chi connectivity index (χ1n) is 11.9. The van der Waals surface area contributed by atoms with Crippen LogP contribution in [-0.2, 0) is 21.2 Å². The average Bonchev–Trinajstić information content (AvgIpc) is 3.14. The third kappa shape index (κ3) is 3.48. The molecule has 3 aliphatic rings. The van der Waals surface area contributed by atoms with Crippen LogP contribution in [0.3, 0.4) is 0 Å². The summed E-state index contributed by atoms with van der Waals surface area (Å²) in [6.07, 6.45) is 7.52. The van der Waals surface area contributed by atoms with Gasteiger partial charge < -0.3 is 9.84 Å². The predicted molar refractivity (Wildman–Crippen MR) is 129 cm³/mol. The molecule has 0 saturated heterocycles. The molecule has 2 saturated carbocycles. The molecule has 2 aromatic carbocycles. The molecule has 2 fully saturated rings. The Morgan fingerprint density at radius 3 is 2.56 bits per heavy atom. The standard InChI is InChI=1S/C27H31NO5S/c1-3-27-15-12-18-16-19(29)6-9-21(18)22(27)13-14-26(2)23(27)10-11-24(26)33-25(30)17-4-7-20(8-5-17)34(28,31)32/h3-9,16,22-24,29H,1,10-15H2,2H3,(H2,28,31,32)/t22-,23-,24+,26+,27-/m1/s1. The number of phenols is 1. The van der Waals surface area contributed by atoms with E-state index in [0.29, 0.717) is 23.1 Å². The molecule has 0 heterocycles. The highest BCUT2D eigenvalue weighted by Crippen LogP contribution is 2.68. The minimum atomic E-state index is -3.81. The van der Waals surface area contributed by atoms with Gasteiger partial charge in [-0.15, -0.1) is 6.58 Å². The lowest BCUT2D eigenvalue weighted by molar-refractivity contribution is -0.0641. The van der Waals surface area contributed by atoms with E-state index in [1.54, 1.807) is 6.07 Å². The number of carbonyl (C=O) groups excluding carboxylic acids is 1. The molecule has 0 amide bonds. The Morgan fingerprint density at radius 2 is 1.88 bits per heavy atom. The Morgan fingerprint density at radius 1 is 1.15 bits per heavy atom. The van der Waals surface area contributed by atoms with Crippen LogP contribution in [0.5, 0.6) is 5.75 Å². The molecule has 5 atom stereocenters. The number of allylic oxidation sites excluding steroid dienone is 1. The minimum absolute atomic E-state index is 0.0333. The summed E-state index contributed by atoms with van der Waals surface area (Å²) in [5, 5.41) is 15.1. The van der Waals surface area contributed by atoms with Gasteiger partial charge in [0.1, 0.15) is 11.9 Å². The van der Waals surface area contributed by atoms with Crippen molar-refractivity contribution in [1.82, 2.24) is 0 Å². The summed E-state index contributed by atoms with van der Waals surface area (Å²) in [6, 6.07) is 11.3. The number of primary sulfonamides is 1. The van der Waals surface area contributed by atoms with Gasteiger partial charge in [0.2, 0.25) is 10.0 Å². The van der Waals surface area contributed by atoms with Crippen molar-refractivity contribution in [2.24, 2.45) is 21.9 Å². The van der Waals surface area contributed by atoms with Crippen LogP contribution in [-0.4, -0.2) is 25.6 Å². The number of fused-ring (bicyclic) bond motifs is 5. The maximum Gasteiger partial charge on any atom is 0.338 e. The van der Waals surface area contributed by atoms with E-state index >= 15 is 0 Å². The number of phenolic OH excluding ortho intramolecular Hbond substituents is 1. The van der Waals surface area contributed by atoms with Crippen molar-refractivity contribution >= 4 is 16.0 Å². The third-order valence-corrected chi connectivity index (χ3v) is 9.82. The lowest BCUT2D eigenvalue weighted by Crippen LogP contribution is -2.51. The zero-order valence-electron chi connectivity index (χ0n) is 19.4. The van der Waals surface area contributed by atoms with Gasteiger partial charge in [0.15, 0.2) is 0 Å². The van der Waals surface area contributed by atoms with Gasteiger partial charge in [-0.1, -0.05) is 19.1 Å². The van der Waals surface area contributed by atoms with Crippen molar-refractivity contribution in [3.63, 3.8) is 0 Å². The zero-order chi connectivity index (χ0) is 24.3. The van der Waals surface area contributed by atoms with Crippen LogP contribution >= 0.6 is 0 Å². The van der Waals surface area contributed by atoms with Crippen LogP contribution in [0.15, 0.2) is 60.0 Å². The molecule has 3 aliphatic carbocycles. The number of rotatable bonds is 4. The van der Waals surface area contributed by atoms with Gasteiger partial charge in [-0.2, -0.15) is 0 Å². The van der Waals surface area contributed by atoms with Gasteiger partial charge in [-0.25, -0.2) is 18.4 Å². The molecule has 0 bridgehead atoms. The second kappa shape index (κ2) is 7.95. The van der Waals surface area contributed by atoms with Gasteiger partial charge in [0.25, 0.3) is 0 Å². The Labute approximate surface area is 200 Å². The lowest BCUT2D eigenvalue weighted by Gasteiger charge is -2.57. The van der Waals surface area contributed by atoms with E-state index in [-0.39, 0.29) is 21.8 Å². The maximum absolute atomic E-state index is 13.0. The van der Waals surface area contributed by atoms with Gasteiger partial charge in [-0.3, -0.25) is 0 Å². The first kappa shape index (κ1) is 23.1. The second-order valence-corrected chi connectivity index (χ2v) is 12.0. The quantitative estimate of drug-likeness (QED) is 0.487. The number of hydrogen-bond donors (Lipinski definition) is 2. The highest BCUT2D eigenvalue weighted by atomic mass is 32.2. The van der Waals surface area contributed by atoms with Crippen LogP contribution in [0.25, 0.3) is 0 Å². The predicted octanol–water partition coefficient (Wildman–Crippen LogP) is 4.68. The van der Waals surface area contributed by atoms with Crippen molar-refractivity contribution < 1.29 is 23.1 Å². The molecule has 5 rings (SSSR count). The highest BCUT2D eigenvalue weighted by Gasteiger charge is 2.62. The van der Waals surface area contributed by atoms with Crippen LogP contribution in [0.1, 0.15) is 66.4 Å². The van der Waals surface area contributed by atoms with Crippen molar-refractivity contribution in [3.05, 3.63) is 71.8 Å². The van der Waals surface area contributed by atoms with E-state index in [1.165, 1.54) is 35.4 Å². The fourth-order valence-corrected chi connectivity index (χ4v) is 7.75. The molecule has 34 heavy (non-hydrogen) atoms. The molecule has 0 unspecified atom stereocenters. The minimum Gasteiger partial charge on any atom is -0.508 e. The fraction of sp³-hybridized carbons (Fsp3) is 0.444. The molecule has 2 aromatic rings. The number of ether oxygens (including phenoxy) is 1. The summed E-state index contributed by atoms with van der Waals surface area (Å²) < 4.78 is 29.1. The van der Waals surface area contributed by atoms with Crippen molar-refractivity contribution in [2.75, 3.05) is 0 Å². The SMILES string of the molecule is C=C[C@@]12CCc3cc(O)ccc3[C@H]1CC[C@]1(C)[C@@H](OC(=O)c3ccc(S(N)(=O)=O)cc3)CC[C@H]12. The number of sulfonamides is 1. The number of esters is 1. The van der Waals surface area contributed by atoms with E-state index in [1.807, 2.05) is 6.07 Å². The fourth-order valence-electron chi connectivity index (χ4n) is 7.24.